The number of anilines is 1. The van der Waals surface area contributed by atoms with Crippen LogP contribution in [0.4, 0.5) is 10.1 Å². The number of aliphatic imine (C=N–C) groups is 1. The minimum absolute atomic E-state index is 0.243. The fourth-order valence-corrected chi connectivity index (χ4v) is 3.08. The van der Waals surface area contributed by atoms with E-state index in [4.69, 9.17) is 4.42 Å². The Labute approximate surface area is 181 Å². The summed E-state index contributed by atoms with van der Waals surface area (Å²) in [4.78, 5) is 16.4. The van der Waals surface area contributed by atoms with Crippen molar-refractivity contribution in [1.29, 1.82) is 0 Å². The highest BCUT2D eigenvalue weighted by Gasteiger charge is 2.21. The number of carbonyl (C=O) groups is 1. The molecule has 3 rings (SSSR count). The van der Waals surface area contributed by atoms with Gasteiger partial charge in [0.05, 0.1) is 6.26 Å². The quantitative estimate of drug-likeness (QED) is 0.392. The molecule has 0 aliphatic heterocycles. The number of nitrogens with one attached hydrogen (secondary N) is 3. The van der Waals surface area contributed by atoms with Gasteiger partial charge in [-0.25, -0.2) is 4.39 Å². The lowest BCUT2D eigenvalue weighted by Crippen LogP contribution is -2.43. The Bertz CT molecular complexity index is 1050. The van der Waals surface area contributed by atoms with Crippen molar-refractivity contribution in [3.05, 3.63) is 89.6 Å². The molecule has 162 valence electrons. The Hall–Kier alpha value is -3.61. The molecule has 0 aliphatic rings. The predicted octanol–water partition coefficient (Wildman–Crippen LogP) is 4.31. The van der Waals surface area contributed by atoms with Crippen LogP contribution in [0.25, 0.3) is 0 Å². The van der Waals surface area contributed by atoms with Gasteiger partial charge in [0.1, 0.15) is 5.82 Å². The topological polar surface area (TPSA) is 78.7 Å². The molecule has 0 spiro atoms. The van der Waals surface area contributed by atoms with Gasteiger partial charge in [0.15, 0.2) is 11.7 Å². The van der Waals surface area contributed by atoms with E-state index in [1.54, 1.807) is 31.3 Å². The first-order chi connectivity index (χ1) is 14.9. The number of amides is 1. The van der Waals surface area contributed by atoms with Crippen molar-refractivity contribution >= 4 is 17.6 Å². The summed E-state index contributed by atoms with van der Waals surface area (Å²) >= 11 is 0. The number of carbonyl (C=O) groups excluding carboxylic acids is 1. The number of nitrogens with zero attached hydrogens (tertiary/aromatic N) is 1. The number of guanidine groups is 1. The zero-order valence-electron chi connectivity index (χ0n) is 17.9. The number of benzene rings is 2. The molecule has 1 heterocycles. The third-order valence-electron chi connectivity index (χ3n) is 4.92. The van der Waals surface area contributed by atoms with E-state index >= 15 is 0 Å². The van der Waals surface area contributed by atoms with E-state index in [-0.39, 0.29) is 22.9 Å². The summed E-state index contributed by atoms with van der Waals surface area (Å²) < 4.78 is 18.7. The largest absolute Gasteiger partial charge is 0.459 e. The number of halogens is 1. The van der Waals surface area contributed by atoms with Crippen molar-refractivity contribution in [2.24, 2.45) is 4.99 Å². The van der Waals surface area contributed by atoms with Gasteiger partial charge in [-0.05, 0) is 47.5 Å². The van der Waals surface area contributed by atoms with Crippen molar-refractivity contribution in [2.45, 2.75) is 25.8 Å². The molecule has 6 nitrogen and oxygen atoms in total. The summed E-state index contributed by atoms with van der Waals surface area (Å²) in [5.41, 5.74) is 2.28. The first-order valence-electron chi connectivity index (χ1n) is 10.0. The normalized spacial score (nSPS) is 11.8. The van der Waals surface area contributed by atoms with Crippen LogP contribution >= 0.6 is 0 Å². The highest BCUT2D eigenvalue weighted by molar-refractivity contribution is 6.02. The summed E-state index contributed by atoms with van der Waals surface area (Å²) in [5.74, 6) is 0.350. The Morgan fingerprint density at radius 1 is 1.06 bits per heavy atom. The molecule has 1 aromatic heterocycles. The third-order valence-corrected chi connectivity index (χ3v) is 4.92. The summed E-state index contributed by atoms with van der Waals surface area (Å²) in [6, 6.07) is 17.5. The maximum absolute atomic E-state index is 13.6. The fourth-order valence-electron chi connectivity index (χ4n) is 3.08. The Morgan fingerprint density at radius 3 is 2.58 bits per heavy atom. The fraction of sp³-hybridized carbons (Fsp3) is 0.250. The summed E-state index contributed by atoms with van der Waals surface area (Å²) in [5, 5.41) is 9.38. The van der Waals surface area contributed by atoms with Crippen molar-refractivity contribution in [3.8, 4) is 0 Å². The van der Waals surface area contributed by atoms with Crippen molar-refractivity contribution in [2.75, 3.05) is 18.9 Å². The van der Waals surface area contributed by atoms with Gasteiger partial charge >= 0.3 is 0 Å². The van der Waals surface area contributed by atoms with Gasteiger partial charge in [-0.15, -0.1) is 0 Å². The van der Waals surface area contributed by atoms with Crippen LogP contribution in [0.5, 0.6) is 0 Å². The second-order valence-corrected chi connectivity index (χ2v) is 7.81. The predicted molar refractivity (Wildman–Crippen MR) is 121 cm³/mol. The van der Waals surface area contributed by atoms with Crippen LogP contribution in [-0.4, -0.2) is 25.5 Å². The molecule has 3 N–H and O–H groups in total. The Balaban J connectivity index is 1.55. The lowest BCUT2D eigenvalue weighted by atomic mass is 9.84. The van der Waals surface area contributed by atoms with Crippen molar-refractivity contribution in [1.82, 2.24) is 10.6 Å². The van der Waals surface area contributed by atoms with Crippen molar-refractivity contribution < 1.29 is 13.6 Å². The van der Waals surface area contributed by atoms with Crippen LogP contribution in [0.1, 0.15) is 35.5 Å². The molecule has 0 saturated heterocycles. The highest BCUT2D eigenvalue weighted by atomic mass is 19.1. The molecule has 0 bridgehead atoms. The number of rotatable bonds is 7. The SMILES string of the molecule is CN=C(NCc1cccc(NC(=O)c2ccco2)c1)NCC(C)(C)c1cccc(F)c1. The molecule has 0 unspecified atom stereocenters. The van der Waals surface area contributed by atoms with Crippen LogP contribution in [-0.2, 0) is 12.0 Å². The van der Waals surface area contributed by atoms with Crippen LogP contribution in [0, 0.1) is 5.82 Å². The van der Waals surface area contributed by atoms with Gasteiger partial charge in [-0.1, -0.05) is 38.1 Å². The second-order valence-electron chi connectivity index (χ2n) is 7.81. The van der Waals surface area contributed by atoms with Crippen LogP contribution in [0.15, 0.2) is 76.3 Å². The smallest absolute Gasteiger partial charge is 0.291 e. The van der Waals surface area contributed by atoms with E-state index in [0.29, 0.717) is 24.7 Å². The first-order valence-corrected chi connectivity index (χ1v) is 10.0. The molecule has 0 atom stereocenters. The van der Waals surface area contributed by atoms with Gasteiger partial charge < -0.3 is 20.4 Å². The number of hydrogen-bond donors (Lipinski definition) is 3. The molecular weight excluding hydrogens is 395 g/mol. The van der Waals surface area contributed by atoms with Gasteiger partial charge in [-0.2, -0.15) is 0 Å². The van der Waals surface area contributed by atoms with Gasteiger partial charge in [0.2, 0.25) is 0 Å². The summed E-state index contributed by atoms with van der Waals surface area (Å²) in [7, 11) is 1.70. The molecule has 2 aromatic carbocycles. The molecule has 0 aliphatic carbocycles. The molecule has 3 aromatic rings. The molecule has 0 radical (unpaired) electrons. The number of hydrogen-bond acceptors (Lipinski definition) is 3. The monoisotopic (exact) mass is 422 g/mol. The van der Waals surface area contributed by atoms with E-state index in [1.165, 1.54) is 12.3 Å². The minimum atomic E-state index is -0.299. The summed E-state index contributed by atoms with van der Waals surface area (Å²) in [6.45, 7) is 5.19. The zero-order valence-corrected chi connectivity index (χ0v) is 17.9. The lowest BCUT2D eigenvalue weighted by Gasteiger charge is -2.27. The molecule has 0 saturated carbocycles. The zero-order chi connectivity index (χ0) is 22.3. The molecular formula is C24H27FN4O2. The molecule has 0 fully saturated rings. The number of furan rings is 1. The molecule has 1 amide bonds. The summed E-state index contributed by atoms with van der Waals surface area (Å²) in [6.07, 6.45) is 1.46. The third kappa shape index (κ3) is 6.18. The molecule has 31 heavy (non-hydrogen) atoms. The highest BCUT2D eigenvalue weighted by Crippen LogP contribution is 2.22. The molecule has 7 heteroatoms. The van der Waals surface area contributed by atoms with Crippen molar-refractivity contribution in [3.63, 3.8) is 0 Å². The Morgan fingerprint density at radius 2 is 1.87 bits per heavy atom. The Kier molecular flexibility index (Phi) is 7.07. The van der Waals surface area contributed by atoms with E-state index in [0.717, 1.165) is 11.1 Å². The maximum atomic E-state index is 13.6. The van der Waals surface area contributed by atoms with Gasteiger partial charge in [0, 0.05) is 31.2 Å². The lowest BCUT2D eigenvalue weighted by molar-refractivity contribution is 0.0996. The minimum Gasteiger partial charge on any atom is -0.459 e. The second kappa shape index (κ2) is 9.93. The standard InChI is InChI=1S/C24H27FN4O2/c1-24(2,18-8-5-9-19(25)14-18)16-28-23(26-3)27-15-17-7-4-10-20(13-17)29-22(30)21-11-6-12-31-21/h4-14H,15-16H2,1-3H3,(H,29,30)(H2,26,27,28). The maximum Gasteiger partial charge on any atom is 0.291 e. The average Bonchev–Trinajstić information content (AvgIpc) is 3.29. The van der Waals surface area contributed by atoms with Gasteiger partial charge in [-0.3, -0.25) is 9.79 Å². The van der Waals surface area contributed by atoms with Crippen LogP contribution < -0.4 is 16.0 Å². The van der Waals surface area contributed by atoms with Crippen LogP contribution in [0.2, 0.25) is 0 Å². The van der Waals surface area contributed by atoms with E-state index in [2.05, 4.69) is 20.9 Å². The van der Waals surface area contributed by atoms with Crippen LogP contribution in [0.3, 0.4) is 0 Å². The van der Waals surface area contributed by atoms with Gasteiger partial charge in [0.25, 0.3) is 5.91 Å². The van der Waals surface area contributed by atoms with E-state index in [1.807, 2.05) is 44.2 Å². The van der Waals surface area contributed by atoms with E-state index in [9.17, 15) is 9.18 Å². The average molecular weight is 423 g/mol. The van der Waals surface area contributed by atoms with E-state index < -0.39 is 0 Å². The first kappa shape index (κ1) is 22.1.